The summed E-state index contributed by atoms with van der Waals surface area (Å²) in [6, 6.07) is 11.2. The molecule has 0 heterocycles. The fourth-order valence-corrected chi connectivity index (χ4v) is 1.65. The van der Waals surface area contributed by atoms with E-state index in [0.717, 1.165) is 12.1 Å². The minimum absolute atomic E-state index is 0.190. The van der Waals surface area contributed by atoms with Gasteiger partial charge in [0, 0.05) is 10.6 Å². The summed E-state index contributed by atoms with van der Waals surface area (Å²) in [7, 11) is 0. The van der Waals surface area contributed by atoms with Gasteiger partial charge >= 0.3 is 5.97 Å². The van der Waals surface area contributed by atoms with Crippen LogP contribution in [0.3, 0.4) is 0 Å². The van der Waals surface area contributed by atoms with Crippen molar-refractivity contribution in [2.75, 3.05) is 6.61 Å². The van der Waals surface area contributed by atoms with Crippen LogP contribution in [0.15, 0.2) is 48.5 Å². The molecule has 0 fully saturated rings. The third kappa shape index (κ3) is 3.65. The molecule has 0 aliphatic rings. The first-order valence-corrected chi connectivity index (χ1v) is 6.15. The fraction of sp³-hybridized carbons (Fsp3) is 0.0667. The van der Waals surface area contributed by atoms with Gasteiger partial charge in [0.2, 0.25) is 0 Å². The molecule has 0 unspecified atom stereocenters. The maximum atomic E-state index is 12.7. The number of ketones is 1. The summed E-state index contributed by atoms with van der Waals surface area (Å²) < 4.78 is 17.6. The van der Waals surface area contributed by atoms with E-state index in [1.165, 1.54) is 12.1 Å². The van der Waals surface area contributed by atoms with Crippen molar-refractivity contribution in [1.82, 2.24) is 0 Å². The van der Waals surface area contributed by atoms with E-state index in [1.807, 2.05) is 0 Å². The molecule has 3 nitrogen and oxygen atoms in total. The smallest absolute Gasteiger partial charge is 0.338 e. The average molecular weight is 293 g/mol. The monoisotopic (exact) mass is 292 g/mol. The summed E-state index contributed by atoms with van der Waals surface area (Å²) in [6.07, 6.45) is 0. The Morgan fingerprint density at radius 1 is 0.950 bits per heavy atom. The number of benzene rings is 2. The molecule has 102 valence electrons. The zero-order chi connectivity index (χ0) is 14.5. The van der Waals surface area contributed by atoms with Gasteiger partial charge in [0.1, 0.15) is 5.82 Å². The van der Waals surface area contributed by atoms with Crippen LogP contribution in [0.4, 0.5) is 4.39 Å². The molecule has 0 aliphatic heterocycles. The number of hydrogen-bond donors (Lipinski definition) is 0. The van der Waals surface area contributed by atoms with Gasteiger partial charge in [0.15, 0.2) is 12.4 Å². The van der Waals surface area contributed by atoms with Crippen LogP contribution in [0, 0.1) is 5.82 Å². The van der Waals surface area contributed by atoms with Crippen molar-refractivity contribution >= 4 is 23.4 Å². The van der Waals surface area contributed by atoms with E-state index in [2.05, 4.69) is 0 Å². The van der Waals surface area contributed by atoms with E-state index in [1.54, 1.807) is 24.3 Å². The highest BCUT2D eigenvalue weighted by Crippen LogP contribution is 2.10. The van der Waals surface area contributed by atoms with Crippen molar-refractivity contribution in [1.29, 1.82) is 0 Å². The minimum Gasteiger partial charge on any atom is -0.454 e. The number of carbonyl (C=O) groups excluding carboxylic acids is 2. The van der Waals surface area contributed by atoms with Crippen LogP contribution in [-0.4, -0.2) is 18.4 Å². The number of halogens is 2. The van der Waals surface area contributed by atoms with E-state index in [0.29, 0.717) is 10.6 Å². The standard InChI is InChI=1S/C15H10ClFO3/c16-12-5-1-10(2-6-12)14(18)9-20-15(19)11-3-7-13(17)8-4-11/h1-8H,9H2. The van der Waals surface area contributed by atoms with E-state index in [9.17, 15) is 14.0 Å². The molecule has 5 heteroatoms. The van der Waals surface area contributed by atoms with Gasteiger partial charge in [-0.25, -0.2) is 9.18 Å². The van der Waals surface area contributed by atoms with E-state index in [4.69, 9.17) is 16.3 Å². The van der Waals surface area contributed by atoms with Crippen molar-refractivity contribution < 1.29 is 18.7 Å². The normalized spacial score (nSPS) is 10.1. The van der Waals surface area contributed by atoms with Crippen LogP contribution < -0.4 is 0 Å². The zero-order valence-corrected chi connectivity index (χ0v) is 11.1. The summed E-state index contributed by atoms with van der Waals surface area (Å²) >= 11 is 5.71. The van der Waals surface area contributed by atoms with Gasteiger partial charge in [-0.15, -0.1) is 0 Å². The second-order valence-corrected chi connectivity index (χ2v) is 4.45. The molecule has 0 bridgehead atoms. The number of rotatable bonds is 4. The molecule has 0 aromatic heterocycles. The summed E-state index contributed by atoms with van der Waals surface area (Å²) in [5, 5.41) is 0.518. The van der Waals surface area contributed by atoms with Crippen molar-refractivity contribution in [3.05, 3.63) is 70.5 Å². The third-order valence-corrected chi connectivity index (χ3v) is 2.83. The SMILES string of the molecule is O=C(COC(=O)c1ccc(F)cc1)c1ccc(Cl)cc1. The minimum atomic E-state index is -0.674. The van der Waals surface area contributed by atoms with Crippen LogP contribution in [-0.2, 0) is 4.74 Å². The molecular weight excluding hydrogens is 283 g/mol. The Hall–Kier alpha value is -2.20. The third-order valence-electron chi connectivity index (χ3n) is 2.58. The highest BCUT2D eigenvalue weighted by molar-refractivity contribution is 6.30. The summed E-state index contributed by atoms with van der Waals surface area (Å²) in [5.74, 6) is -1.46. The van der Waals surface area contributed by atoms with Gasteiger partial charge in [0.05, 0.1) is 5.56 Å². The molecule has 0 aliphatic carbocycles. The maximum Gasteiger partial charge on any atom is 0.338 e. The first-order valence-electron chi connectivity index (χ1n) is 5.78. The number of Topliss-reactive ketones (excluding diaryl/α,β-unsaturated/α-hetero) is 1. The largest absolute Gasteiger partial charge is 0.454 e. The van der Waals surface area contributed by atoms with Crippen molar-refractivity contribution in [3.63, 3.8) is 0 Å². The number of ether oxygens (including phenoxy) is 1. The lowest BCUT2D eigenvalue weighted by molar-refractivity contribution is 0.0474. The molecule has 2 aromatic carbocycles. The van der Waals surface area contributed by atoms with Crippen molar-refractivity contribution in [2.45, 2.75) is 0 Å². The lowest BCUT2D eigenvalue weighted by atomic mass is 10.1. The van der Waals surface area contributed by atoms with Gasteiger partial charge < -0.3 is 4.74 Å². The Morgan fingerprint density at radius 3 is 2.10 bits per heavy atom. The van der Waals surface area contributed by atoms with Gasteiger partial charge in [-0.2, -0.15) is 0 Å². The molecular formula is C15H10ClFO3. The second kappa shape index (κ2) is 6.30. The predicted molar refractivity (Wildman–Crippen MR) is 72.5 cm³/mol. The second-order valence-electron chi connectivity index (χ2n) is 4.01. The number of hydrogen-bond acceptors (Lipinski definition) is 3. The van der Waals surface area contributed by atoms with Gasteiger partial charge in [-0.05, 0) is 48.5 Å². The molecule has 0 N–H and O–H groups in total. The maximum absolute atomic E-state index is 12.7. The Labute approximate surface area is 119 Å². The summed E-state index contributed by atoms with van der Waals surface area (Å²) in [6.45, 7) is -0.377. The molecule has 0 saturated carbocycles. The van der Waals surface area contributed by atoms with Crippen LogP contribution in [0.2, 0.25) is 5.02 Å². The molecule has 20 heavy (non-hydrogen) atoms. The highest BCUT2D eigenvalue weighted by Gasteiger charge is 2.11. The van der Waals surface area contributed by atoms with Crippen LogP contribution in [0.1, 0.15) is 20.7 Å². The number of carbonyl (C=O) groups is 2. The Morgan fingerprint density at radius 2 is 1.50 bits per heavy atom. The van der Waals surface area contributed by atoms with Crippen LogP contribution >= 0.6 is 11.6 Å². The van der Waals surface area contributed by atoms with Crippen molar-refractivity contribution in [2.24, 2.45) is 0 Å². The topological polar surface area (TPSA) is 43.4 Å². The van der Waals surface area contributed by atoms with Crippen LogP contribution in [0.25, 0.3) is 0 Å². The van der Waals surface area contributed by atoms with Gasteiger partial charge in [-0.1, -0.05) is 11.6 Å². The zero-order valence-electron chi connectivity index (χ0n) is 10.3. The highest BCUT2D eigenvalue weighted by atomic mass is 35.5. The Balaban J connectivity index is 1.94. The van der Waals surface area contributed by atoms with Crippen molar-refractivity contribution in [3.8, 4) is 0 Å². The Bertz CT molecular complexity index is 563. The molecule has 0 radical (unpaired) electrons. The number of esters is 1. The lowest BCUT2D eigenvalue weighted by Crippen LogP contribution is -2.14. The summed E-state index contributed by atoms with van der Waals surface area (Å²) in [5.41, 5.74) is 0.594. The molecule has 0 atom stereocenters. The lowest BCUT2D eigenvalue weighted by Gasteiger charge is -2.04. The molecule has 2 rings (SSSR count). The quantitative estimate of drug-likeness (QED) is 0.640. The first kappa shape index (κ1) is 14.2. The molecule has 2 aromatic rings. The molecule has 0 saturated heterocycles. The van der Waals surface area contributed by atoms with Crippen LogP contribution in [0.5, 0.6) is 0 Å². The van der Waals surface area contributed by atoms with E-state index < -0.39 is 11.8 Å². The average Bonchev–Trinajstić information content (AvgIpc) is 2.46. The predicted octanol–water partition coefficient (Wildman–Crippen LogP) is 3.52. The van der Waals surface area contributed by atoms with E-state index >= 15 is 0 Å². The van der Waals surface area contributed by atoms with Gasteiger partial charge in [-0.3, -0.25) is 4.79 Å². The first-order chi connectivity index (χ1) is 9.56. The Kier molecular flexibility index (Phi) is 4.48. The van der Waals surface area contributed by atoms with E-state index in [-0.39, 0.29) is 18.0 Å². The summed E-state index contributed by atoms with van der Waals surface area (Å²) in [4.78, 5) is 23.4. The fourth-order valence-electron chi connectivity index (χ4n) is 1.52. The molecule has 0 amide bonds. The van der Waals surface area contributed by atoms with Gasteiger partial charge in [0.25, 0.3) is 0 Å². The molecule has 0 spiro atoms.